The van der Waals surface area contributed by atoms with Crippen molar-refractivity contribution in [1.29, 1.82) is 0 Å². The summed E-state index contributed by atoms with van der Waals surface area (Å²) in [6.45, 7) is 0.345. The van der Waals surface area contributed by atoms with Crippen LogP contribution in [0.5, 0.6) is 5.75 Å². The fourth-order valence-electron chi connectivity index (χ4n) is 4.70. The minimum absolute atomic E-state index is 0.226. The van der Waals surface area contributed by atoms with E-state index < -0.39 is 6.04 Å². The van der Waals surface area contributed by atoms with E-state index >= 15 is 0 Å². The van der Waals surface area contributed by atoms with Crippen molar-refractivity contribution in [2.24, 2.45) is 0 Å². The Hall–Kier alpha value is -3.90. The topological polar surface area (TPSA) is 74.4 Å². The summed E-state index contributed by atoms with van der Waals surface area (Å²) in [5.74, 6) is 0.0268. The highest BCUT2D eigenvalue weighted by atomic mass is 19.1. The van der Waals surface area contributed by atoms with Gasteiger partial charge in [0, 0.05) is 17.1 Å². The van der Waals surface area contributed by atoms with Crippen molar-refractivity contribution in [2.75, 3.05) is 13.2 Å². The van der Waals surface area contributed by atoms with Crippen LogP contribution in [0.15, 0.2) is 66.9 Å². The molecule has 5 rings (SSSR count). The molecule has 1 aromatic heterocycles. The maximum atomic E-state index is 13.6. The van der Waals surface area contributed by atoms with E-state index in [0.29, 0.717) is 29.9 Å². The summed E-state index contributed by atoms with van der Waals surface area (Å²) in [6, 6.07) is 18.0. The van der Waals surface area contributed by atoms with Crippen LogP contribution in [0.3, 0.4) is 0 Å². The van der Waals surface area contributed by atoms with Gasteiger partial charge in [0.2, 0.25) is 0 Å². The molecule has 0 fully saturated rings. The first-order valence-electron chi connectivity index (χ1n) is 12.3. The second kappa shape index (κ2) is 10.8. The number of aryl methyl sites for hydroxylation is 1. The predicted octanol–water partition coefficient (Wildman–Crippen LogP) is 5.53. The van der Waals surface area contributed by atoms with Gasteiger partial charge in [0.1, 0.15) is 11.6 Å². The van der Waals surface area contributed by atoms with Gasteiger partial charge in [-0.3, -0.25) is 4.79 Å². The maximum absolute atomic E-state index is 13.6. The molecule has 0 spiro atoms. The molecule has 3 N–H and O–H groups in total. The van der Waals surface area contributed by atoms with Crippen molar-refractivity contribution in [1.82, 2.24) is 10.3 Å². The highest BCUT2D eigenvalue weighted by Gasteiger charge is 2.22. The Kier molecular flexibility index (Phi) is 7.14. The van der Waals surface area contributed by atoms with Crippen LogP contribution in [-0.2, 0) is 12.8 Å². The average Bonchev–Trinajstić information content (AvgIpc) is 3.12. The summed E-state index contributed by atoms with van der Waals surface area (Å²) < 4.78 is 19.6. The van der Waals surface area contributed by atoms with Crippen LogP contribution in [0.2, 0.25) is 0 Å². The highest BCUT2D eigenvalue weighted by Crippen LogP contribution is 2.31. The Bertz CT molecular complexity index is 1390. The molecular weight excluding hydrogens is 455 g/mol. The van der Waals surface area contributed by atoms with Gasteiger partial charge in [-0.05, 0) is 78.3 Å². The molecule has 0 aliphatic carbocycles. The van der Waals surface area contributed by atoms with Crippen molar-refractivity contribution < 1.29 is 19.0 Å². The van der Waals surface area contributed by atoms with Crippen LogP contribution in [0, 0.1) is 5.82 Å². The van der Waals surface area contributed by atoms with Crippen molar-refractivity contribution in [3.05, 3.63) is 100 Å². The molecule has 0 bridgehead atoms. The molecule has 0 saturated heterocycles. The van der Waals surface area contributed by atoms with Gasteiger partial charge < -0.3 is 20.1 Å². The molecule has 184 valence electrons. The van der Waals surface area contributed by atoms with E-state index in [1.165, 1.54) is 12.1 Å². The van der Waals surface area contributed by atoms with Gasteiger partial charge in [0.25, 0.3) is 5.91 Å². The normalized spacial score (nSPS) is 14.3. The second-order valence-electron chi connectivity index (χ2n) is 9.17. The molecule has 1 amide bonds. The molecule has 0 saturated carbocycles. The largest absolute Gasteiger partial charge is 0.492 e. The third-order valence-electron chi connectivity index (χ3n) is 6.54. The number of nitrogens with one attached hydrogen (secondary N) is 2. The fraction of sp³-hybridized carbons (Fsp3) is 0.233. The SMILES string of the molecule is O=C(NC(CO)Cc1c[nH]c2cc(F)ccc12)c1cc(C=Cc2ccccc2)cc2c1OCCCC2. The van der Waals surface area contributed by atoms with E-state index in [-0.39, 0.29) is 18.3 Å². The number of hydrogen-bond acceptors (Lipinski definition) is 3. The zero-order valence-electron chi connectivity index (χ0n) is 20.0. The number of hydrogen-bond donors (Lipinski definition) is 3. The van der Waals surface area contributed by atoms with Crippen LogP contribution >= 0.6 is 0 Å². The monoisotopic (exact) mass is 484 g/mol. The number of aliphatic hydroxyl groups excluding tert-OH is 1. The molecule has 1 aliphatic heterocycles. The number of ether oxygens (including phenoxy) is 1. The van der Waals surface area contributed by atoms with E-state index in [9.17, 15) is 14.3 Å². The molecular formula is C30H29FN2O3. The molecule has 3 aromatic carbocycles. The van der Waals surface area contributed by atoms with Gasteiger partial charge in [-0.15, -0.1) is 0 Å². The van der Waals surface area contributed by atoms with Gasteiger partial charge in [0.05, 0.1) is 24.8 Å². The van der Waals surface area contributed by atoms with Crippen LogP contribution < -0.4 is 10.1 Å². The van der Waals surface area contributed by atoms with E-state index in [1.807, 2.05) is 48.6 Å². The molecule has 36 heavy (non-hydrogen) atoms. The second-order valence-corrected chi connectivity index (χ2v) is 9.17. The van der Waals surface area contributed by atoms with Crippen LogP contribution in [-0.4, -0.2) is 35.3 Å². The van der Waals surface area contributed by atoms with Crippen molar-refractivity contribution in [3.63, 3.8) is 0 Å². The predicted molar refractivity (Wildman–Crippen MR) is 141 cm³/mol. The molecule has 2 heterocycles. The zero-order chi connectivity index (χ0) is 24.9. The number of benzene rings is 3. The van der Waals surface area contributed by atoms with Crippen molar-refractivity contribution in [2.45, 2.75) is 31.7 Å². The van der Waals surface area contributed by atoms with Gasteiger partial charge in [-0.25, -0.2) is 4.39 Å². The number of aromatic nitrogens is 1. The van der Waals surface area contributed by atoms with Gasteiger partial charge in [0.15, 0.2) is 0 Å². The number of carbonyl (C=O) groups excluding carboxylic acids is 1. The summed E-state index contributed by atoms with van der Waals surface area (Å²) in [7, 11) is 0. The highest BCUT2D eigenvalue weighted by molar-refractivity contribution is 5.98. The smallest absolute Gasteiger partial charge is 0.255 e. The van der Waals surface area contributed by atoms with Gasteiger partial charge in [-0.1, -0.05) is 42.5 Å². The Morgan fingerprint density at radius 1 is 1.08 bits per heavy atom. The Morgan fingerprint density at radius 3 is 2.75 bits per heavy atom. The first-order chi connectivity index (χ1) is 17.6. The third-order valence-corrected chi connectivity index (χ3v) is 6.54. The number of halogens is 1. The number of amides is 1. The Labute approximate surface area is 209 Å². The standard InChI is InChI=1S/C30H29FN2O3/c31-24-11-12-26-23(18-32-28(26)17-24)16-25(19-34)33-30(35)27-15-21(10-9-20-6-2-1-3-7-20)14-22-8-4-5-13-36-29(22)27/h1-3,6-7,9-12,14-15,17-18,25,32,34H,4-5,8,13,16,19H2,(H,33,35). The van der Waals surface area contributed by atoms with E-state index in [2.05, 4.69) is 16.4 Å². The Morgan fingerprint density at radius 2 is 1.92 bits per heavy atom. The summed E-state index contributed by atoms with van der Waals surface area (Å²) >= 11 is 0. The number of aliphatic hydroxyl groups is 1. The van der Waals surface area contributed by atoms with Crippen molar-refractivity contribution in [3.8, 4) is 5.75 Å². The lowest BCUT2D eigenvalue weighted by Crippen LogP contribution is -2.39. The molecule has 1 aliphatic rings. The molecule has 0 radical (unpaired) electrons. The lowest BCUT2D eigenvalue weighted by Gasteiger charge is -2.19. The van der Waals surface area contributed by atoms with Gasteiger partial charge >= 0.3 is 0 Å². The zero-order valence-corrected chi connectivity index (χ0v) is 20.0. The Balaban J connectivity index is 1.41. The lowest BCUT2D eigenvalue weighted by molar-refractivity contribution is 0.0912. The number of carbonyl (C=O) groups is 1. The summed E-state index contributed by atoms with van der Waals surface area (Å²) in [6.07, 6.45) is 9.01. The molecule has 5 nitrogen and oxygen atoms in total. The first-order valence-corrected chi connectivity index (χ1v) is 12.3. The summed E-state index contributed by atoms with van der Waals surface area (Å²) in [5, 5.41) is 13.9. The number of fused-ring (bicyclic) bond motifs is 2. The summed E-state index contributed by atoms with van der Waals surface area (Å²) in [4.78, 5) is 16.5. The summed E-state index contributed by atoms with van der Waals surface area (Å²) in [5.41, 5.74) is 5.08. The van der Waals surface area contributed by atoms with Gasteiger partial charge in [-0.2, -0.15) is 0 Å². The average molecular weight is 485 g/mol. The number of aromatic amines is 1. The number of rotatable bonds is 7. The molecule has 4 aromatic rings. The number of H-pyrrole nitrogens is 1. The van der Waals surface area contributed by atoms with E-state index in [4.69, 9.17) is 4.74 Å². The third kappa shape index (κ3) is 5.34. The fourth-order valence-corrected chi connectivity index (χ4v) is 4.70. The van der Waals surface area contributed by atoms with Crippen LogP contribution in [0.4, 0.5) is 4.39 Å². The molecule has 1 atom stereocenters. The first kappa shape index (κ1) is 23.8. The molecule has 1 unspecified atom stereocenters. The van der Waals surface area contributed by atoms with Crippen LogP contribution in [0.25, 0.3) is 23.1 Å². The minimum Gasteiger partial charge on any atom is -0.492 e. The quantitative estimate of drug-likeness (QED) is 0.302. The minimum atomic E-state index is -0.508. The lowest BCUT2D eigenvalue weighted by atomic mass is 9.98. The van der Waals surface area contributed by atoms with Crippen LogP contribution in [0.1, 0.15) is 45.5 Å². The van der Waals surface area contributed by atoms with Crippen molar-refractivity contribution >= 4 is 29.0 Å². The molecule has 6 heteroatoms. The van der Waals surface area contributed by atoms with E-state index in [1.54, 1.807) is 12.3 Å². The van der Waals surface area contributed by atoms with E-state index in [0.717, 1.165) is 46.9 Å². The maximum Gasteiger partial charge on any atom is 0.255 e.